The summed E-state index contributed by atoms with van der Waals surface area (Å²) >= 11 is 0. The van der Waals surface area contributed by atoms with Gasteiger partial charge in [-0.2, -0.15) is 0 Å². The van der Waals surface area contributed by atoms with Gasteiger partial charge in [0, 0.05) is 52.5 Å². The van der Waals surface area contributed by atoms with Crippen LogP contribution in [0, 0.1) is 5.82 Å². The zero-order valence-electron chi connectivity index (χ0n) is 15.0. The Morgan fingerprint density at radius 2 is 1.64 bits per heavy atom. The SMILES string of the molecule is CN(C)c1ccc(/C=C/CN2CCN(c3ccccc3F)CC2)cc1. The maximum absolute atomic E-state index is 13.9. The molecule has 1 aliphatic rings. The smallest absolute Gasteiger partial charge is 0.146 e. The average Bonchev–Trinajstić information content (AvgIpc) is 2.63. The summed E-state index contributed by atoms with van der Waals surface area (Å²) in [5, 5.41) is 0. The van der Waals surface area contributed by atoms with Crippen molar-refractivity contribution in [2.45, 2.75) is 0 Å². The Kier molecular flexibility index (Phi) is 5.71. The van der Waals surface area contributed by atoms with Crippen LogP contribution in [0.2, 0.25) is 0 Å². The molecular weight excluding hydrogens is 313 g/mol. The van der Waals surface area contributed by atoms with Crippen molar-refractivity contribution in [2.75, 3.05) is 56.6 Å². The van der Waals surface area contributed by atoms with Crippen LogP contribution in [-0.2, 0) is 0 Å². The van der Waals surface area contributed by atoms with E-state index in [4.69, 9.17) is 0 Å². The van der Waals surface area contributed by atoms with Gasteiger partial charge in [-0.05, 0) is 29.8 Å². The summed E-state index contributed by atoms with van der Waals surface area (Å²) in [4.78, 5) is 6.64. The minimum atomic E-state index is -0.128. The van der Waals surface area contributed by atoms with Crippen molar-refractivity contribution in [3.63, 3.8) is 0 Å². The van der Waals surface area contributed by atoms with Crippen molar-refractivity contribution in [1.82, 2.24) is 4.90 Å². The van der Waals surface area contributed by atoms with Gasteiger partial charge in [0.2, 0.25) is 0 Å². The molecule has 2 aromatic rings. The Hall–Kier alpha value is -2.33. The number of nitrogens with zero attached hydrogens (tertiary/aromatic N) is 3. The molecule has 132 valence electrons. The number of benzene rings is 2. The Labute approximate surface area is 150 Å². The minimum Gasteiger partial charge on any atom is -0.378 e. The van der Waals surface area contributed by atoms with Crippen molar-refractivity contribution in [2.24, 2.45) is 0 Å². The molecule has 0 aliphatic carbocycles. The topological polar surface area (TPSA) is 9.72 Å². The molecule has 0 unspecified atom stereocenters. The third-order valence-electron chi connectivity index (χ3n) is 4.65. The number of hydrogen-bond donors (Lipinski definition) is 0. The first-order valence-electron chi connectivity index (χ1n) is 8.79. The second kappa shape index (κ2) is 8.17. The van der Waals surface area contributed by atoms with Crippen LogP contribution in [0.4, 0.5) is 15.8 Å². The lowest BCUT2D eigenvalue weighted by Crippen LogP contribution is -2.46. The van der Waals surface area contributed by atoms with E-state index in [9.17, 15) is 4.39 Å². The molecule has 0 spiro atoms. The van der Waals surface area contributed by atoms with Gasteiger partial charge in [0.15, 0.2) is 0 Å². The molecule has 0 amide bonds. The monoisotopic (exact) mass is 339 g/mol. The quantitative estimate of drug-likeness (QED) is 0.822. The molecule has 4 heteroatoms. The van der Waals surface area contributed by atoms with Crippen molar-refractivity contribution in [3.8, 4) is 0 Å². The number of hydrogen-bond acceptors (Lipinski definition) is 3. The molecule has 3 rings (SSSR count). The highest BCUT2D eigenvalue weighted by Gasteiger charge is 2.18. The molecule has 0 aromatic heterocycles. The Morgan fingerprint density at radius 3 is 2.28 bits per heavy atom. The normalized spacial score (nSPS) is 15.7. The molecule has 0 saturated carbocycles. The Morgan fingerprint density at radius 1 is 0.960 bits per heavy atom. The number of para-hydroxylation sites is 1. The first kappa shape index (κ1) is 17.5. The van der Waals surface area contributed by atoms with Crippen molar-refractivity contribution in [1.29, 1.82) is 0 Å². The summed E-state index contributed by atoms with van der Waals surface area (Å²) in [7, 11) is 4.09. The third kappa shape index (κ3) is 4.60. The van der Waals surface area contributed by atoms with Crippen LogP contribution in [0.3, 0.4) is 0 Å². The van der Waals surface area contributed by atoms with Gasteiger partial charge in [0.1, 0.15) is 5.82 Å². The van der Waals surface area contributed by atoms with E-state index in [1.165, 1.54) is 17.3 Å². The van der Waals surface area contributed by atoms with Crippen LogP contribution >= 0.6 is 0 Å². The first-order valence-corrected chi connectivity index (χ1v) is 8.79. The predicted octanol–water partition coefficient (Wildman–Crippen LogP) is 3.73. The van der Waals surface area contributed by atoms with Crippen molar-refractivity contribution < 1.29 is 4.39 Å². The van der Waals surface area contributed by atoms with E-state index in [0.29, 0.717) is 0 Å². The van der Waals surface area contributed by atoms with Crippen molar-refractivity contribution >= 4 is 17.5 Å². The summed E-state index contributed by atoms with van der Waals surface area (Å²) in [6.07, 6.45) is 4.38. The van der Waals surface area contributed by atoms with Crippen LogP contribution in [0.1, 0.15) is 5.56 Å². The molecule has 3 nitrogen and oxygen atoms in total. The molecule has 2 aromatic carbocycles. The lowest BCUT2D eigenvalue weighted by Gasteiger charge is -2.35. The van der Waals surface area contributed by atoms with Crippen LogP contribution < -0.4 is 9.80 Å². The zero-order chi connectivity index (χ0) is 17.6. The zero-order valence-corrected chi connectivity index (χ0v) is 15.0. The first-order chi connectivity index (χ1) is 12.1. The second-order valence-electron chi connectivity index (χ2n) is 6.63. The molecule has 1 saturated heterocycles. The van der Waals surface area contributed by atoms with Gasteiger partial charge in [-0.25, -0.2) is 4.39 Å². The Bertz CT molecular complexity index is 701. The molecule has 0 N–H and O–H groups in total. The van der Waals surface area contributed by atoms with E-state index >= 15 is 0 Å². The summed E-state index contributed by atoms with van der Waals surface area (Å²) in [6, 6.07) is 15.6. The van der Waals surface area contributed by atoms with Gasteiger partial charge >= 0.3 is 0 Å². The third-order valence-corrected chi connectivity index (χ3v) is 4.65. The van der Waals surface area contributed by atoms with E-state index in [1.807, 2.05) is 26.2 Å². The summed E-state index contributed by atoms with van der Waals surface area (Å²) in [5.74, 6) is -0.128. The number of rotatable bonds is 5. The largest absolute Gasteiger partial charge is 0.378 e. The molecule has 0 bridgehead atoms. The fourth-order valence-corrected chi connectivity index (χ4v) is 3.10. The van der Waals surface area contributed by atoms with E-state index in [0.717, 1.165) is 38.4 Å². The number of halogens is 1. The Balaban J connectivity index is 1.48. The van der Waals surface area contributed by atoms with Crippen LogP contribution in [0.5, 0.6) is 0 Å². The highest BCUT2D eigenvalue weighted by molar-refractivity contribution is 5.55. The van der Waals surface area contributed by atoms with E-state index in [1.54, 1.807) is 6.07 Å². The van der Waals surface area contributed by atoms with Gasteiger partial charge in [-0.3, -0.25) is 4.90 Å². The number of piperazine rings is 1. The maximum Gasteiger partial charge on any atom is 0.146 e. The van der Waals surface area contributed by atoms with Gasteiger partial charge in [0.05, 0.1) is 5.69 Å². The lowest BCUT2D eigenvalue weighted by atomic mass is 10.2. The predicted molar refractivity (Wildman–Crippen MR) is 105 cm³/mol. The molecule has 0 radical (unpaired) electrons. The molecule has 1 fully saturated rings. The summed E-state index contributed by atoms with van der Waals surface area (Å²) in [6.45, 7) is 4.58. The standard InChI is InChI=1S/C21H26FN3/c1-23(2)19-11-9-18(10-12-19)6-5-13-24-14-16-25(17-15-24)21-8-4-3-7-20(21)22/h3-12H,13-17H2,1-2H3/b6-5+. The van der Waals surface area contributed by atoms with Crippen LogP contribution in [-0.4, -0.2) is 51.7 Å². The van der Waals surface area contributed by atoms with Gasteiger partial charge in [0.25, 0.3) is 0 Å². The fourth-order valence-electron chi connectivity index (χ4n) is 3.10. The fraction of sp³-hybridized carbons (Fsp3) is 0.333. The van der Waals surface area contributed by atoms with E-state index < -0.39 is 0 Å². The van der Waals surface area contributed by atoms with Crippen molar-refractivity contribution in [3.05, 3.63) is 66.0 Å². The summed E-state index contributed by atoms with van der Waals surface area (Å²) in [5.41, 5.74) is 3.15. The van der Waals surface area contributed by atoms with Crippen LogP contribution in [0.15, 0.2) is 54.6 Å². The highest BCUT2D eigenvalue weighted by atomic mass is 19.1. The second-order valence-corrected chi connectivity index (χ2v) is 6.63. The van der Waals surface area contributed by atoms with Gasteiger partial charge < -0.3 is 9.80 Å². The van der Waals surface area contributed by atoms with Gasteiger partial charge in [-0.15, -0.1) is 0 Å². The molecule has 25 heavy (non-hydrogen) atoms. The van der Waals surface area contributed by atoms with Gasteiger partial charge in [-0.1, -0.05) is 36.4 Å². The molecule has 1 aliphatic heterocycles. The average molecular weight is 339 g/mol. The summed E-state index contributed by atoms with van der Waals surface area (Å²) < 4.78 is 13.9. The molecule has 1 heterocycles. The highest BCUT2D eigenvalue weighted by Crippen LogP contribution is 2.20. The minimum absolute atomic E-state index is 0.128. The van der Waals surface area contributed by atoms with E-state index in [-0.39, 0.29) is 5.82 Å². The molecular formula is C21H26FN3. The maximum atomic E-state index is 13.9. The van der Waals surface area contributed by atoms with Crippen LogP contribution in [0.25, 0.3) is 6.08 Å². The lowest BCUT2D eigenvalue weighted by molar-refractivity contribution is 0.283. The van der Waals surface area contributed by atoms with E-state index in [2.05, 4.69) is 51.1 Å². The number of anilines is 2. The molecule has 0 atom stereocenters.